The molecule has 0 aliphatic rings. The predicted octanol–water partition coefficient (Wildman–Crippen LogP) is 3.18. The first-order valence-electron chi connectivity index (χ1n) is 7.58. The number of fused-ring (bicyclic) bond motifs is 1. The minimum Gasteiger partial charge on any atom is -0.468 e. The van der Waals surface area contributed by atoms with Crippen LogP contribution in [0.4, 0.5) is 5.69 Å². The first kappa shape index (κ1) is 18.7. The summed E-state index contributed by atoms with van der Waals surface area (Å²) in [6.45, 7) is -0.121. The number of nitro benzene ring substituents is 1. The van der Waals surface area contributed by atoms with Crippen LogP contribution in [0.5, 0.6) is 0 Å². The van der Waals surface area contributed by atoms with Gasteiger partial charge in [0.05, 0.1) is 22.2 Å². The first-order chi connectivity index (χ1) is 12.9. The zero-order chi connectivity index (χ0) is 19.6. The van der Waals surface area contributed by atoms with Gasteiger partial charge in [-0.1, -0.05) is 22.9 Å². The molecule has 0 bridgehead atoms. The van der Waals surface area contributed by atoms with Crippen molar-refractivity contribution in [1.29, 1.82) is 0 Å². The molecule has 3 aromatic rings. The van der Waals surface area contributed by atoms with Gasteiger partial charge in [0, 0.05) is 22.7 Å². The molecule has 0 radical (unpaired) electrons. The van der Waals surface area contributed by atoms with Crippen molar-refractivity contribution in [1.82, 2.24) is 4.57 Å². The molecule has 3 rings (SSSR count). The minimum absolute atomic E-state index is 0.121. The molecule has 1 aromatic heterocycles. The average Bonchev–Trinajstić information content (AvgIpc) is 2.97. The molecular formula is C17H12ClN3O5S. The highest BCUT2D eigenvalue weighted by molar-refractivity contribution is 7.16. The van der Waals surface area contributed by atoms with Gasteiger partial charge in [0.2, 0.25) is 0 Å². The van der Waals surface area contributed by atoms with Crippen LogP contribution in [-0.2, 0) is 16.1 Å². The highest BCUT2D eigenvalue weighted by Crippen LogP contribution is 2.22. The van der Waals surface area contributed by atoms with Crippen LogP contribution in [0.3, 0.4) is 0 Å². The number of ether oxygens (including phenoxy) is 1. The van der Waals surface area contributed by atoms with Gasteiger partial charge in [0.1, 0.15) is 6.54 Å². The molecule has 0 saturated heterocycles. The Morgan fingerprint density at radius 1 is 1.26 bits per heavy atom. The van der Waals surface area contributed by atoms with Gasteiger partial charge >= 0.3 is 5.97 Å². The van der Waals surface area contributed by atoms with Crippen molar-refractivity contribution in [2.45, 2.75) is 6.54 Å². The summed E-state index contributed by atoms with van der Waals surface area (Å²) in [6, 6.07) is 10.2. The van der Waals surface area contributed by atoms with Crippen LogP contribution in [-0.4, -0.2) is 28.5 Å². The van der Waals surface area contributed by atoms with E-state index in [0.717, 1.165) is 4.70 Å². The molecule has 0 aliphatic heterocycles. The highest BCUT2D eigenvalue weighted by atomic mass is 35.5. The lowest BCUT2D eigenvalue weighted by Crippen LogP contribution is -2.22. The van der Waals surface area contributed by atoms with Gasteiger partial charge in [-0.2, -0.15) is 4.99 Å². The Morgan fingerprint density at radius 3 is 2.59 bits per heavy atom. The maximum absolute atomic E-state index is 12.5. The van der Waals surface area contributed by atoms with Crippen molar-refractivity contribution < 1.29 is 19.2 Å². The predicted molar refractivity (Wildman–Crippen MR) is 99.8 cm³/mol. The van der Waals surface area contributed by atoms with Crippen molar-refractivity contribution in [2.75, 3.05) is 7.11 Å². The minimum atomic E-state index is -0.582. The summed E-state index contributed by atoms with van der Waals surface area (Å²) >= 11 is 7.21. The summed E-state index contributed by atoms with van der Waals surface area (Å²) in [5.74, 6) is -1.07. The molecule has 1 heterocycles. The summed E-state index contributed by atoms with van der Waals surface area (Å²) in [7, 11) is 1.27. The smallest absolute Gasteiger partial charge is 0.325 e. The highest BCUT2D eigenvalue weighted by Gasteiger charge is 2.13. The maximum atomic E-state index is 12.5. The van der Waals surface area contributed by atoms with Crippen LogP contribution >= 0.6 is 22.9 Å². The number of carbonyl (C=O) groups is 2. The van der Waals surface area contributed by atoms with Crippen LogP contribution in [0, 0.1) is 10.1 Å². The zero-order valence-corrected chi connectivity index (χ0v) is 15.5. The fourth-order valence-electron chi connectivity index (χ4n) is 2.36. The molecule has 10 heteroatoms. The van der Waals surface area contributed by atoms with Crippen molar-refractivity contribution in [2.24, 2.45) is 4.99 Å². The van der Waals surface area contributed by atoms with Crippen molar-refractivity contribution in [3.8, 4) is 0 Å². The quantitative estimate of drug-likeness (QED) is 0.376. The van der Waals surface area contributed by atoms with Crippen molar-refractivity contribution in [3.63, 3.8) is 0 Å². The van der Waals surface area contributed by atoms with Crippen LogP contribution in [0.2, 0.25) is 5.02 Å². The molecule has 1 amide bonds. The monoisotopic (exact) mass is 405 g/mol. The molecule has 138 valence electrons. The first-order valence-corrected chi connectivity index (χ1v) is 8.77. The van der Waals surface area contributed by atoms with Crippen LogP contribution < -0.4 is 4.80 Å². The Morgan fingerprint density at radius 2 is 1.96 bits per heavy atom. The Kier molecular flexibility index (Phi) is 5.33. The van der Waals surface area contributed by atoms with E-state index in [0.29, 0.717) is 15.3 Å². The van der Waals surface area contributed by atoms with E-state index < -0.39 is 16.8 Å². The summed E-state index contributed by atoms with van der Waals surface area (Å²) in [5, 5.41) is 11.2. The van der Waals surface area contributed by atoms with E-state index in [1.165, 1.54) is 42.7 Å². The number of amides is 1. The second-order valence-electron chi connectivity index (χ2n) is 5.38. The van der Waals surface area contributed by atoms with Gasteiger partial charge in [-0.3, -0.25) is 19.7 Å². The zero-order valence-electron chi connectivity index (χ0n) is 13.9. The van der Waals surface area contributed by atoms with Crippen molar-refractivity contribution in [3.05, 3.63) is 68.0 Å². The number of carbonyl (C=O) groups excluding carboxylic acids is 2. The van der Waals surface area contributed by atoms with Crippen LogP contribution in [0.25, 0.3) is 10.2 Å². The number of nitro groups is 1. The number of halogens is 1. The maximum Gasteiger partial charge on any atom is 0.325 e. The lowest BCUT2D eigenvalue weighted by atomic mass is 10.2. The number of benzene rings is 2. The van der Waals surface area contributed by atoms with Gasteiger partial charge in [-0.25, -0.2) is 0 Å². The van der Waals surface area contributed by atoms with Gasteiger partial charge < -0.3 is 9.30 Å². The number of aromatic nitrogens is 1. The Labute approximate surface area is 161 Å². The molecule has 0 N–H and O–H groups in total. The number of non-ortho nitro benzene ring substituents is 1. The number of hydrogen-bond donors (Lipinski definition) is 0. The fraction of sp³-hybridized carbons (Fsp3) is 0.118. The second kappa shape index (κ2) is 7.68. The molecule has 0 unspecified atom stereocenters. The molecule has 0 aliphatic carbocycles. The van der Waals surface area contributed by atoms with Gasteiger partial charge in [-0.05, 0) is 30.3 Å². The molecule has 0 saturated carbocycles. The normalized spacial score (nSPS) is 11.6. The molecule has 8 nitrogen and oxygen atoms in total. The third-order valence-electron chi connectivity index (χ3n) is 3.68. The average molecular weight is 406 g/mol. The van der Waals surface area contributed by atoms with E-state index in [2.05, 4.69) is 4.99 Å². The van der Waals surface area contributed by atoms with E-state index in [1.54, 1.807) is 22.8 Å². The summed E-state index contributed by atoms with van der Waals surface area (Å²) in [5.41, 5.74) is 0.759. The second-order valence-corrected chi connectivity index (χ2v) is 6.83. The Balaban J connectivity index is 2.08. The van der Waals surface area contributed by atoms with Gasteiger partial charge in [0.15, 0.2) is 4.80 Å². The largest absolute Gasteiger partial charge is 0.468 e. The Bertz CT molecular complexity index is 1120. The lowest BCUT2D eigenvalue weighted by Gasteiger charge is -2.03. The Hall–Kier alpha value is -3.04. The van der Waals surface area contributed by atoms with E-state index in [1.807, 2.05) is 0 Å². The fourth-order valence-corrected chi connectivity index (χ4v) is 3.66. The van der Waals surface area contributed by atoms with Gasteiger partial charge in [0.25, 0.3) is 11.6 Å². The molecular weight excluding hydrogens is 394 g/mol. The summed E-state index contributed by atoms with van der Waals surface area (Å²) in [6.07, 6.45) is 0. The third-order valence-corrected chi connectivity index (χ3v) is 4.96. The number of hydrogen-bond acceptors (Lipinski definition) is 6. The van der Waals surface area contributed by atoms with E-state index in [4.69, 9.17) is 16.3 Å². The topological polar surface area (TPSA) is 104 Å². The number of rotatable bonds is 4. The molecule has 0 fully saturated rings. The number of esters is 1. The van der Waals surface area contributed by atoms with Gasteiger partial charge in [-0.15, -0.1) is 0 Å². The van der Waals surface area contributed by atoms with E-state index >= 15 is 0 Å². The van der Waals surface area contributed by atoms with E-state index in [9.17, 15) is 19.7 Å². The lowest BCUT2D eigenvalue weighted by molar-refractivity contribution is -0.384. The summed E-state index contributed by atoms with van der Waals surface area (Å²) in [4.78, 5) is 38.7. The summed E-state index contributed by atoms with van der Waals surface area (Å²) < 4.78 is 7.02. The van der Waals surface area contributed by atoms with E-state index in [-0.39, 0.29) is 17.8 Å². The van der Waals surface area contributed by atoms with Crippen LogP contribution in [0.15, 0.2) is 47.5 Å². The van der Waals surface area contributed by atoms with Crippen molar-refractivity contribution >= 4 is 50.7 Å². The molecule has 0 atom stereocenters. The third kappa shape index (κ3) is 4.04. The molecule has 27 heavy (non-hydrogen) atoms. The SMILES string of the molecule is COC(=O)Cn1c(=NC(=O)c2ccc([N+](=O)[O-])cc2)sc2cc(Cl)ccc21. The molecule has 0 spiro atoms. The number of methoxy groups -OCH3 is 1. The molecule has 2 aromatic carbocycles. The number of nitrogens with zero attached hydrogens (tertiary/aromatic N) is 3. The standard InChI is InChI=1S/C17H12ClN3O5S/c1-26-15(22)9-20-13-7-4-11(18)8-14(13)27-17(20)19-16(23)10-2-5-12(6-3-10)21(24)25/h2-8H,9H2,1H3. The van der Waals surface area contributed by atoms with Crippen LogP contribution in [0.1, 0.15) is 10.4 Å². The number of thiazole rings is 1.